The van der Waals surface area contributed by atoms with Crippen LogP contribution in [0.2, 0.25) is 0 Å². The summed E-state index contributed by atoms with van der Waals surface area (Å²) in [4.78, 5) is 1.82. The van der Waals surface area contributed by atoms with Crippen LogP contribution in [0.4, 0.5) is 13.2 Å². The smallest absolute Gasteiger partial charge is 0.357 e. The lowest BCUT2D eigenvalue weighted by atomic mass is 10.1. The van der Waals surface area contributed by atoms with E-state index >= 15 is 0 Å². The summed E-state index contributed by atoms with van der Waals surface area (Å²) in [5, 5.41) is 3.20. The van der Waals surface area contributed by atoms with Crippen molar-refractivity contribution in [2.75, 3.05) is 33.5 Å². The fourth-order valence-electron chi connectivity index (χ4n) is 1.62. The maximum atomic E-state index is 11.8. The first-order valence-corrected chi connectivity index (χ1v) is 5.04. The third kappa shape index (κ3) is 5.34. The van der Waals surface area contributed by atoms with Crippen molar-refractivity contribution in [2.24, 2.45) is 0 Å². The number of rotatable bonds is 4. The van der Waals surface area contributed by atoms with Crippen LogP contribution in [0.5, 0.6) is 0 Å². The van der Waals surface area contributed by atoms with E-state index in [2.05, 4.69) is 10.1 Å². The zero-order valence-corrected chi connectivity index (χ0v) is 8.81. The van der Waals surface area contributed by atoms with Crippen molar-refractivity contribution in [1.82, 2.24) is 10.2 Å². The van der Waals surface area contributed by atoms with Crippen molar-refractivity contribution in [3.8, 4) is 0 Å². The van der Waals surface area contributed by atoms with Gasteiger partial charge in [-0.2, -0.15) is 13.2 Å². The molecule has 1 unspecified atom stereocenters. The lowest BCUT2D eigenvalue weighted by Crippen LogP contribution is -2.45. The largest absolute Gasteiger partial charge is 0.411 e. The Kier molecular flexibility index (Phi) is 4.82. The minimum absolute atomic E-state index is 0.0336. The van der Waals surface area contributed by atoms with E-state index in [1.54, 1.807) is 7.05 Å². The molecule has 0 spiro atoms. The average Bonchev–Trinajstić information content (AvgIpc) is 2.17. The Labute approximate surface area is 87.6 Å². The Hall–Kier alpha value is -0.330. The van der Waals surface area contributed by atoms with Gasteiger partial charge in [-0.15, -0.1) is 0 Å². The van der Waals surface area contributed by atoms with Gasteiger partial charge < -0.3 is 10.1 Å². The zero-order valence-electron chi connectivity index (χ0n) is 8.81. The summed E-state index contributed by atoms with van der Waals surface area (Å²) in [5.41, 5.74) is 0. The van der Waals surface area contributed by atoms with Crippen molar-refractivity contribution < 1.29 is 17.9 Å². The van der Waals surface area contributed by atoms with E-state index in [-0.39, 0.29) is 12.8 Å². The van der Waals surface area contributed by atoms with Gasteiger partial charge in [0.05, 0.1) is 6.73 Å². The van der Waals surface area contributed by atoms with E-state index in [0.29, 0.717) is 0 Å². The third-order valence-electron chi connectivity index (χ3n) is 2.45. The first-order valence-electron chi connectivity index (χ1n) is 5.04. The summed E-state index contributed by atoms with van der Waals surface area (Å²) in [6.07, 6.45) is -2.15. The number of piperidine rings is 1. The van der Waals surface area contributed by atoms with Crippen molar-refractivity contribution in [3.63, 3.8) is 0 Å². The highest BCUT2D eigenvalue weighted by molar-refractivity contribution is 4.74. The third-order valence-corrected chi connectivity index (χ3v) is 2.45. The molecule has 1 atom stereocenters. The van der Waals surface area contributed by atoms with Gasteiger partial charge in [0.2, 0.25) is 0 Å². The van der Waals surface area contributed by atoms with Gasteiger partial charge in [0, 0.05) is 12.6 Å². The number of hydrogen-bond donors (Lipinski definition) is 1. The molecule has 1 heterocycles. The lowest BCUT2D eigenvalue weighted by Gasteiger charge is -2.31. The van der Waals surface area contributed by atoms with Crippen LogP contribution in [0.3, 0.4) is 0 Å². The van der Waals surface area contributed by atoms with Crippen LogP contribution in [0.15, 0.2) is 0 Å². The Balaban J connectivity index is 2.14. The minimum Gasteiger partial charge on any atom is -0.357 e. The van der Waals surface area contributed by atoms with Crippen molar-refractivity contribution in [2.45, 2.75) is 25.1 Å². The summed E-state index contributed by atoms with van der Waals surface area (Å²) in [5.74, 6) is 0. The van der Waals surface area contributed by atoms with Crippen molar-refractivity contribution >= 4 is 0 Å². The van der Waals surface area contributed by atoms with Crippen molar-refractivity contribution in [3.05, 3.63) is 0 Å². The highest BCUT2D eigenvalue weighted by Gasteiger charge is 2.28. The van der Waals surface area contributed by atoms with Crippen LogP contribution >= 0.6 is 0 Å². The number of hydrogen-bond acceptors (Lipinski definition) is 3. The van der Waals surface area contributed by atoms with Crippen molar-refractivity contribution in [1.29, 1.82) is 0 Å². The minimum atomic E-state index is -4.23. The predicted molar refractivity (Wildman–Crippen MR) is 50.5 cm³/mol. The number of halogens is 3. The molecule has 0 amide bonds. The first-order chi connectivity index (χ1) is 6.99. The Morgan fingerprint density at radius 2 is 2.20 bits per heavy atom. The standard InChI is InChI=1S/C9H17F3N2O/c1-14(7-15-6-9(10,11)12)8-3-2-4-13-5-8/h8,13H,2-7H2,1H3. The van der Waals surface area contributed by atoms with E-state index in [1.165, 1.54) is 0 Å². The fraction of sp³-hybridized carbons (Fsp3) is 1.00. The Morgan fingerprint density at radius 3 is 2.73 bits per heavy atom. The molecule has 1 saturated heterocycles. The van der Waals surface area contributed by atoms with Gasteiger partial charge >= 0.3 is 6.18 Å². The van der Waals surface area contributed by atoms with Gasteiger partial charge in [-0.3, -0.25) is 4.90 Å². The molecule has 15 heavy (non-hydrogen) atoms. The normalized spacial score (nSPS) is 23.4. The molecule has 0 aromatic carbocycles. The summed E-state index contributed by atoms with van der Waals surface area (Å²) in [6, 6.07) is 0.284. The summed E-state index contributed by atoms with van der Waals surface area (Å²) in [6.45, 7) is 0.684. The second-order valence-corrected chi connectivity index (χ2v) is 3.85. The molecule has 1 fully saturated rings. The van der Waals surface area contributed by atoms with Gasteiger partial charge in [-0.1, -0.05) is 0 Å². The quantitative estimate of drug-likeness (QED) is 0.729. The topological polar surface area (TPSA) is 24.5 Å². The lowest BCUT2D eigenvalue weighted by molar-refractivity contribution is -0.184. The number of nitrogens with one attached hydrogen (secondary N) is 1. The van der Waals surface area contributed by atoms with Gasteiger partial charge in [-0.25, -0.2) is 0 Å². The molecule has 6 heteroatoms. The Bertz CT molecular complexity index is 181. The van der Waals surface area contributed by atoms with E-state index in [0.717, 1.165) is 25.9 Å². The monoisotopic (exact) mass is 226 g/mol. The first kappa shape index (κ1) is 12.7. The molecule has 3 nitrogen and oxygen atoms in total. The van der Waals surface area contributed by atoms with Gasteiger partial charge in [0.1, 0.15) is 6.61 Å². The molecule has 1 rings (SSSR count). The molecule has 1 aliphatic heterocycles. The van der Waals surface area contributed by atoms with Crippen LogP contribution in [0, 0.1) is 0 Å². The number of ether oxygens (including phenoxy) is 1. The molecule has 0 saturated carbocycles. The van der Waals surface area contributed by atoms with Crippen LogP contribution < -0.4 is 5.32 Å². The van der Waals surface area contributed by atoms with E-state index < -0.39 is 12.8 Å². The Morgan fingerprint density at radius 1 is 1.47 bits per heavy atom. The fourth-order valence-corrected chi connectivity index (χ4v) is 1.62. The zero-order chi connectivity index (χ0) is 11.3. The molecule has 0 aliphatic carbocycles. The van der Waals surface area contributed by atoms with Crippen LogP contribution in [0.25, 0.3) is 0 Å². The SMILES string of the molecule is CN(COCC(F)(F)F)C1CCCNC1. The van der Waals surface area contributed by atoms with E-state index in [4.69, 9.17) is 0 Å². The molecule has 0 aromatic heterocycles. The number of nitrogens with zero attached hydrogens (tertiary/aromatic N) is 1. The molecule has 0 bridgehead atoms. The summed E-state index contributed by atoms with van der Waals surface area (Å²) in [7, 11) is 1.79. The predicted octanol–water partition coefficient (Wildman–Crippen LogP) is 1.21. The molecule has 0 radical (unpaired) electrons. The number of likely N-dealkylation sites (N-methyl/N-ethyl adjacent to an activating group) is 1. The van der Waals surface area contributed by atoms with Gasteiger partial charge in [0.15, 0.2) is 0 Å². The van der Waals surface area contributed by atoms with Crippen LogP contribution in [0.1, 0.15) is 12.8 Å². The highest BCUT2D eigenvalue weighted by atomic mass is 19.4. The van der Waals surface area contributed by atoms with Gasteiger partial charge in [-0.05, 0) is 26.4 Å². The molecule has 90 valence electrons. The van der Waals surface area contributed by atoms with E-state index in [1.807, 2.05) is 4.90 Å². The summed E-state index contributed by atoms with van der Waals surface area (Å²) >= 11 is 0. The molecule has 0 aromatic rings. The highest BCUT2D eigenvalue weighted by Crippen LogP contribution is 2.15. The molecule has 1 N–H and O–H groups in total. The maximum Gasteiger partial charge on any atom is 0.411 e. The van der Waals surface area contributed by atoms with E-state index in [9.17, 15) is 13.2 Å². The molecular formula is C9H17F3N2O. The molecular weight excluding hydrogens is 209 g/mol. The number of alkyl halides is 3. The average molecular weight is 226 g/mol. The second-order valence-electron chi connectivity index (χ2n) is 3.85. The van der Waals surface area contributed by atoms with Crippen LogP contribution in [-0.2, 0) is 4.74 Å². The van der Waals surface area contributed by atoms with Gasteiger partial charge in [0.25, 0.3) is 0 Å². The maximum absolute atomic E-state index is 11.8. The van der Waals surface area contributed by atoms with Crippen LogP contribution in [-0.4, -0.2) is 50.6 Å². The molecule has 1 aliphatic rings. The summed E-state index contributed by atoms with van der Waals surface area (Å²) < 4.78 is 40.0. The second kappa shape index (κ2) is 5.67.